The van der Waals surface area contributed by atoms with Crippen LogP contribution < -0.4 is 5.73 Å². The van der Waals surface area contributed by atoms with Crippen LogP contribution in [-0.2, 0) is 11.2 Å². The third kappa shape index (κ3) is 2.62. The zero-order valence-corrected chi connectivity index (χ0v) is 10.1. The van der Waals surface area contributed by atoms with Gasteiger partial charge in [0.05, 0.1) is 12.3 Å². The van der Waals surface area contributed by atoms with Gasteiger partial charge >= 0.3 is 0 Å². The second kappa shape index (κ2) is 4.55. The molecular weight excluding hydrogens is 202 g/mol. The van der Waals surface area contributed by atoms with E-state index >= 15 is 0 Å². The lowest BCUT2D eigenvalue weighted by Gasteiger charge is -2.32. The van der Waals surface area contributed by atoms with Crippen LogP contribution in [0.1, 0.15) is 38.4 Å². The van der Waals surface area contributed by atoms with Crippen LogP contribution in [-0.4, -0.2) is 28.5 Å². The Morgan fingerprint density at radius 3 is 3.00 bits per heavy atom. The van der Waals surface area contributed by atoms with Gasteiger partial charge < -0.3 is 10.5 Å². The van der Waals surface area contributed by atoms with Gasteiger partial charge in [-0.15, -0.1) is 0 Å². The quantitative estimate of drug-likeness (QED) is 0.845. The van der Waals surface area contributed by atoms with E-state index in [1.807, 2.05) is 10.9 Å². The molecule has 4 heteroatoms. The van der Waals surface area contributed by atoms with Gasteiger partial charge in [-0.1, -0.05) is 0 Å². The maximum Gasteiger partial charge on any atom is 0.0650 e. The summed E-state index contributed by atoms with van der Waals surface area (Å²) in [5.41, 5.74) is 7.16. The summed E-state index contributed by atoms with van der Waals surface area (Å²) in [5, 5.41) is 4.53. The van der Waals surface area contributed by atoms with E-state index in [0.29, 0.717) is 12.6 Å². The van der Waals surface area contributed by atoms with Crippen molar-refractivity contribution in [3.05, 3.63) is 18.0 Å². The first-order valence-electron chi connectivity index (χ1n) is 6.00. The van der Waals surface area contributed by atoms with Crippen LogP contribution >= 0.6 is 0 Å². The molecule has 1 unspecified atom stereocenters. The lowest BCUT2D eigenvalue weighted by Crippen LogP contribution is -2.49. The van der Waals surface area contributed by atoms with E-state index in [9.17, 15) is 0 Å². The van der Waals surface area contributed by atoms with Crippen molar-refractivity contribution in [1.29, 1.82) is 0 Å². The van der Waals surface area contributed by atoms with E-state index in [1.165, 1.54) is 0 Å². The molecule has 1 saturated heterocycles. The number of hydrogen-bond acceptors (Lipinski definition) is 3. The Kier molecular flexibility index (Phi) is 3.30. The van der Waals surface area contributed by atoms with Crippen molar-refractivity contribution in [3.8, 4) is 0 Å². The topological polar surface area (TPSA) is 53.1 Å². The zero-order chi connectivity index (χ0) is 11.6. The molecule has 0 aliphatic carbocycles. The predicted molar refractivity (Wildman–Crippen MR) is 63.3 cm³/mol. The van der Waals surface area contributed by atoms with Crippen molar-refractivity contribution in [2.45, 2.75) is 44.7 Å². The number of ether oxygens (including phenoxy) is 1. The smallest absolute Gasteiger partial charge is 0.0650 e. The van der Waals surface area contributed by atoms with Gasteiger partial charge in [-0.2, -0.15) is 5.10 Å². The lowest BCUT2D eigenvalue weighted by molar-refractivity contribution is 0.0378. The molecule has 1 aromatic heterocycles. The fraction of sp³-hybridized carbons (Fsp3) is 0.750. The molecule has 2 N–H and O–H groups in total. The molecule has 1 aliphatic rings. The summed E-state index contributed by atoms with van der Waals surface area (Å²) in [4.78, 5) is 0. The molecular formula is C12H21N3O. The number of hydrogen-bond donors (Lipinski definition) is 1. The summed E-state index contributed by atoms with van der Waals surface area (Å²) in [6.07, 6.45) is 4.92. The molecule has 0 amide bonds. The van der Waals surface area contributed by atoms with E-state index in [2.05, 4.69) is 25.0 Å². The molecule has 1 aliphatic heterocycles. The fourth-order valence-corrected chi connectivity index (χ4v) is 2.13. The molecule has 0 aromatic carbocycles. The number of rotatable bonds is 3. The minimum Gasteiger partial charge on any atom is -0.380 e. The van der Waals surface area contributed by atoms with Gasteiger partial charge in [-0.25, -0.2) is 0 Å². The van der Waals surface area contributed by atoms with Crippen LogP contribution in [0.5, 0.6) is 0 Å². The molecule has 16 heavy (non-hydrogen) atoms. The number of aromatic nitrogens is 2. The van der Waals surface area contributed by atoms with E-state index in [0.717, 1.165) is 31.6 Å². The van der Waals surface area contributed by atoms with Gasteiger partial charge in [-0.05, 0) is 32.8 Å². The second-order valence-electron chi connectivity index (χ2n) is 5.08. The standard InChI is InChI=1S/C12H21N3O/c1-10(2)15-6-4-11(14-15)8-12(13)5-3-7-16-9-12/h4,6,10H,3,5,7-9,13H2,1-2H3. The van der Waals surface area contributed by atoms with Gasteiger partial charge in [0.1, 0.15) is 0 Å². The summed E-state index contributed by atoms with van der Waals surface area (Å²) in [6.45, 7) is 5.75. The summed E-state index contributed by atoms with van der Waals surface area (Å²) in [6, 6.07) is 2.47. The molecule has 1 fully saturated rings. The minimum absolute atomic E-state index is 0.214. The fourth-order valence-electron chi connectivity index (χ4n) is 2.13. The third-order valence-electron chi connectivity index (χ3n) is 3.08. The first kappa shape index (κ1) is 11.6. The van der Waals surface area contributed by atoms with E-state index in [4.69, 9.17) is 10.5 Å². The molecule has 0 saturated carbocycles. The molecule has 0 bridgehead atoms. The average molecular weight is 223 g/mol. The maximum absolute atomic E-state index is 6.30. The molecule has 0 radical (unpaired) electrons. The molecule has 90 valence electrons. The van der Waals surface area contributed by atoms with Crippen molar-refractivity contribution >= 4 is 0 Å². The Labute approximate surface area is 96.8 Å². The summed E-state index contributed by atoms with van der Waals surface area (Å²) in [5.74, 6) is 0. The third-order valence-corrected chi connectivity index (χ3v) is 3.08. The van der Waals surface area contributed by atoms with Crippen LogP contribution in [0.15, 0.2) is 12.3 Å². The van der Waals surface area contributed by atoms with Gasteiger partial charge in [-0.3, -0.25) is 4.68 Å². The Balaban J connectivity index is 2.02. The van der Waals surface area contributed by atoms with Gasteiger partial charge in [0, 0.05) is 30.8 Å². The SMILES string of the molecule is CC(C)n1ccc(CC2(N)CCCOC2)n1. The van der Waals surface area contributed by atoms with Gasteiger partial charge in [0.25, 0.3) is 0 Å². The van der Waals surface area contributed by atoms with Crippen LogP contribution in [0.2, 0.25) is 0 Å². The summed E-state index contributed by atoms with van der Waals surface area (Å²) < 4.78 is 7.43. The Bertz CT molecular complexity index is 340. The first-order chi connectivity index (χ1) is 7.59. The van der Waals surface area contributed by atoms with Crippen molar-refractivity contribution < 1.29 is 4.74 Å². The highest BCUT2D eigenvalue weighted by atomic mass is 16.5. The Morgan fingerprint density at radius 2 is 2.44 bits per heavy atom. The van der Waals surface area contributed by atoms with E-state index < -0.39 is 0 Å². The lowest BCUT2D eigenvalue weighted by atomic mass is 9.89. The second-order valence-corrected chi connectivity index (χ2v) is 5.08. The molecule has 2 heterocycles. The molecule has 4 nitrogen and oxygen atoms in total. The molecule has 0 spiro atoms. The number of nitrogens with two attached hydrogens (primary N) is 1. The van der Waals surface area contributed by atoms with Crippen LogP contribution in [0.4, 0.5) is 0 Å². The monoisotopic (exact) mass is 223 g/mol. The van der Waals surface area contributed by atoms with E-state index in [1.54, 1.807) is 0 Å². The van der Waals surface area contributed by atoms with E-state index in [-0.39, 0.29) is 5.54 Å². The first-order valence-corrected chi connectivity index (χ1v) is 6.00. The minimum atomic E-state index is -0.214. The van der Waals surface area contributed by atoms with Crippen molar-refractivity contribution in [1.82, 2.24) is 9.78 Å². The van der Waals surface area contributed by atoms with Crippen LogP contribution in [0.25, 0.3) is 0 Å². The summed E-state index contributed by atoms with van der Waals surface area (Å²) >= 11 is 0. The van der Waals surface area contributed by atoms with Crippen molar-refractivity contribution in [2.75, 3.05) is 13.2 Å². The van der Waals surface area contributed by atoms with Crippen LogP contribution in [0.3, 0.4) is 0 Å². The highest BCUT2D eigenvalue weighted by molar-refractivity contribution is 5.06. The predicted octanol–water partition coefficient (Wildman–Crippen LogP) is 1.51. The zero-order valence-electron chi connectivity index (χ0n) is 10.1. The van der Waals surface area contributed by atoms with Crippen LogP contribution in [0, 0.1) is 0 Å². The average Bonchev–Trinajstić information content (AvgIpc) is 2.66. The van der Waals surface area contributed by atoms with Gasteiger partial charge in [0.2, 0.25) is 0 Å². The number of nitrogens with zero attached hydrogens (tertiary/aromatic N) is 2. The molecule has 2 rings (SSSR count). The largest absolute Gasteiger partial charge is 0.380 e. The normalized spacial score (nSPS) is 26.2. The molecule has 1 aromatic rings. The highest BCUT2D eigenvalue weighted by Gasteiger charge is 2.29. The Morgan fingerprint density at radius 1 is 1.62 bits per heavy atom. The highest BCUT2D eigenvalue weighted by Crippen LogP contribution is 2.20. The van der Waals surface area contributed by atoms with Crippen molar-refractivity contribution in [3.63, 3.8) is 0 Å². The maximum atomic E-state index is 6.30. The Hall–Kier alpha value is -0.870. The summed E-state index contributed by atoms with van der Waals surface area (Å²) in [7, 11) is 0. The van der Waals surface area contributed by atoms with Crippen molar-refractivity contribution in [2.24, 2.45) is 5.73 Å². The van der Waals surface area contributed by atoms with Gasteiger partial charge in [0.15, 0.2) is 0 Å². The molecule has 1 atom stereocenters.